The van der Waals surface area contributed by atoms with Crippen LogP contribution in [0.5, 0.6) is 0 Å². The first-order chi connectivity index (χ1) is 10.2. The molecule has 1 unspecified atom stereocenters. The number of para-hydroxylation sites is 1. The second kappa shape index (κ2) is 7.14. The van der Waals surface area contributed by atoms with Crippen molar-refractivity contribution in [1.29, 1.82) is 5.26 Å². The van der Waals surface area contributed by atoms with Crippen LogP contribution >= 0.6 is 11.6 Å². The van der Waals surface area contributed by atoms with Crippen molar-refractivity contribution in [2.45, 2.75) is 25.8 Å². The molecule has 0 fully saturated rings. The Hall–Kier alpha value is -1.99. The highest BCUT2D eigenvalue weighted by atomic mass is 35.5. The lowest BCUT2D eigenvalue weighted by atomic mass is 10.1. The molecule has 0 bridgehead atoms. The summed E-state index contributed by atoms with van der Waals surface area (Å²) in [5, 5.41) is 11.9. The molecule has 1 aliphatic rings. The highest BCUT2D eigenvalue weighted by Crippen LogP contribution is 2.32. The molecule has 0 saturated carbocycles. The maximum atomic E-state index is 12.0. The summed E-state index contributed by atoms with van der Waals surface area (Å²) in [5.74, 6) is 0.141. The second-order valence-corrected chi connectivity index (χ2v) is 5.42. The molecular formula is C16H18ClN3O. The zero-order valence-electron chi connectivity index (χ0n) is 12.0. The first-order valence-electron chi connectivity index (χ1n) is 6.99. The maximum absolute atomic E-state index is 12.0. The molecule has 0 saturated heterocycles. The van der Waals surface area contributed by atoms with Crippen LogP contribution in [-0.2, 0) is 11.2 Å². The Kier molecular flexibility index (Phi) is 5.24. The van der Waals surface area contributed by atoms with Crippen LogP contribution in [0.3, 0.4) is 0 Å². The lowest BCUT2D eigenvalue weighted by Gasteiger charge is -2.20. The number of hydrogen-bond donors (Lipinski definition) is 1. The number of rotatable bonds is 5. The van der Waals surface area contributed by atoms with Crippen molar-refractivity contribution >= 4 is 23.2 Å². The molecule has 4 nitrogen and oxygen atoms in total. The number of halogens is 1. The van der Waals surface area contributed by atoms with Gasteiger partial charge in [-0.05, 0) is 31.4 Å². The van der Waals surface area contributed by atoms with Crippen molar-refractivity contribution in [2.75, 3.05) is 17.3 Å². The maximum Gasteiger partial charge on any atom is 0.263 e. The topological polar surface area (TPSA) is 56.1 Å². The van der Waals surface area contributed by atoms with Crippen LogP contribution in [0.1, 0.15) is 18.9 Å². The number of hydrogen-bond acceptors (Lipinski definition) is 3. The van der Waals surface area contributed by atoms with Crippen molar-refractivity contribution in [3.8, 4) is 6.07 Å². The van der Waals surface area contributed by atoms with E-state index in [1.165, 1.54) is 5.56 Å². The minimum atomic E-state index is -0.348. The molecule has 1 N–H and O–H groups in total. The van der Waals surface area contributed by atoms with Crippen LogP contribution < -0.4 is 10.2 Å². The standard InChI is InChI=1S/C16H18ClN3O/c1-12-9-13-5-2-3-6-15(13)20(12)11-14(10-18)16(21)19-8-4-7-17/h2-3,5-6,11-12H,4,7-9H2,1H3,(H,19,21)/b14-11-. The van der Waals surface area contributed by atoms with Crippen molar-refractivity contribution in [1.82, 2.24) is 5.32 Å². The van der Waals surface area contributed by atoms with Crippen LogP contribution in [0, 0.1) is 11.3 Å². The molecule has 5 heteroatoms. The fourth-order valence-electron chi connectivity index (χ4n) is 2.43. The van der Waals surface area contributed by atoms with E-state index in [1.807, 2.05) is 29.2 Å². The van der Waals surface area contributed by atoms with Gasteiger partial charge in [-0.15, -0.1) is 11.6 Å². The summed E-state index contributed by atoms with van der Waals surface area (Å²) in [6.45, 7) is 2.56. The largest absolute Gasteiger partial charge is 0.351 e. The monoisotopic (exact) mass is 303 g/mol. The zero-order chi connectivity index (χ0) is 15.2. The molecule has 1 aromatic rings. The molecule has 0 aliphatic carbocycles. The van der Waals surface area contributed by atoms with E-state index < -0.39 is 0 Å². The van der Waals surface area contributed by atoms with Gasteiger partial charge in [-0.1, -0.05) is 18.2 Å². The van der Waals surface area contributed by atoms with E-state index in [-0.39, 0.29) is 17.5 Å². The molecule has 1 aromatic carbocycles. The number of benzene rings is 1. The van der Waals surface area contributed by atoms with Crippen molar-refractivity contribution in [3.63, 3.8) is 0 Å². The van der Waals surface area contributed by atoms with Crippen LogP contribution in [0.2, 0.25) is 0 Å². The van der Waals surface area contributed by atoms with Crippen LogP contribution in [0.15, 0.2) is 36.0 Å². The number of carbonyl (C=O) groups is 1. The lowest BCUT2D eigenvalue weighted by Crippen LogP contribution is -2.29. The quantitative estimate of drug-likeness (QED) is 0.394. The minimum Gasteiger partial charge on any atom is -0.351 e. The van der Waals surface area contributed by atoms with Gasteiger partial charge in [0.25, 0.3) is 5.91 Å². The minimum absolute atomic E-state index is 0.119. The highest BCUT2D eigenvalue weighted by molar-refractivity contribution is 6.17. The summed E-state index contributed by atoms with van der Waals surface area (Å²) in [5.41, 5.74) is 2.42. The number of alkyl halides is 1. The van der Waals surface area contributed by atoms with E-state index >= 15 is 0 Å². The molecule has 1 heterocycles. The Bertz CT molecular complexity index is 591. The van der Waals surface area contributed by atoms with Gasteiger partial charge in [0.05, 0.1) is 0 Å². The Labute approximate surface area is 130 Å². The number of fused-ring (bicyclic) bond motifs is 1. The summed E-state index contributed by atoms with van der Waals surface area (Å²) in [6, 6.07) is 10.3. The van der Waals surface area contributed by atoms with Gasteiger partial charge < -0.3 is 10.2 Å². The van der Waals surface area contributed by atoms with E-state index in [4.69, 9.17) is 11.6 Å². The number of nitriles is 1. The van der Waals surface area contributed by atoms with Gasteiger partial charge in [-0.3, -0.25) is 4.79 Å². The first kappa shape index (κ1) is 15.4. The lowest BCUT2D eigenvalue weighted by molar-refractivity contribution is -0.117. The smallest absolute Gasteiger partial charge is 0.263 e. The van der Waals surface area contributed by atoms with Gasteiger partial charge in [-0.2, -0.15) is 5.26 Å². The normalized spacial score (nSPS) is 17.3. The van der Waals surface area contributed by atoms with Crippen molar-refractivity contribution < 1.29 is 4.79 Å². The number of nitrogens with one attached hydrogen (secondary N) is 1. The van der Waals surface area contributed by atoms with E-state index in [2.05, 4.69) is 18.3 Å². The van der Waals surface area contributed by atoms with Crippen LogP contribution in [0.25, 0.3) is 0 Å². The molecule has 0 aromatic heterocycles. The average Bonchev–Trinajstić information content (AvgIpc) is 2.80. The van der Waals surface area contributed by atoms with Gasteiger partial charge in [0, 0.05) is 30.4 Å². The summed E-state index contributed by atoms with van der Waals surface area (Å²) in [4.78, 5) is 14.0. The Balaban J connectivity index is 2.17. The molecule has 110 valence electrons. The summed E-state index contributed by atoms with van der Waals surface area (Å²) < 4.78 is 0. The van der Waals surface area contributed by atoms with E-state index in [9.17, 15) is 10.1 Å². The first-order valence-corrected chi connectivity index (χ1v) is 7.53. The molecular weight excluding hydrogens is 286 g/mol. The highest BCUT2D eigenvalue weighted by Gasteiger charge is 2.25. The van der Waals surface area contributed by atoms with Gasteiger partial charge in [-0.25, -0.2) is 0 Å². The predicted molar refractivity (Wildman–Crippen MR) is 84.1 cm³/mol. The fraction of sp³-hybridized carbons (Fsp3) is 0.375. The van der Waals surface area contributed by atoms with E-state index in [0.29, 0.717) is 18.8 Å². The third-order valence-corrected chi connectivity index (χ3v) is 3.76. The summed E-state index contributed by atoms with van der Waals surface area (Å²) >= 11 is 5.57. The third-order valence-electron chi connectivity index (χ3n) is 3.49. The molecule has 2 rings (SSSR count). The molecule has 1 amide bonds. The van der Waals surface area contributed by atoms with Crippen LogP contribution in [-0.4, -0.2) is 24.4 Å². The number of anilines is 1. The predicted octanol–water partition coefficient (Wildman–Crippen LogP) is 2.59. The van der Waals surface area contributed by atoms with E-state index in [0.717, 1.165) is 12.1 Å². The second-order valence-electron chi connectivity index (χ2n) is 5.04. The molecule has 21 heavy (non-hydrogen) atoms. The number of amides is 1. The van der Waals surface area contributed by atoms with Crippen LogP contribution in [0.4, 0.5) is 5.69 Å². The molecule has 1 aliphatic heterocycles. The molecule has 1 atom stereocenters. The summed E-state index contributed by atoms with van der Waals surface area (Å²) in [7, 11) is 0. The Morgan fingerprint density at radius 2 is 2.33 bits per heavy atom. The summed E-state index contributed by atoms with van der Waals surface area (Å²) in [6.07, 6.45) is 3.25. The number of nitrogens with zero attached hydrogens (tertiary/aromatic N) is 2. The average molecular weight is 304 g/mol. The van der Waals surface area contributed by atoms with E-state index in [1.54, 1.807) is 6.20 Å². The SMILES string of the molecule is CC1Cc2ccccc2N1/C=C(/C#N)C(=O)NCCCCl. The van der Waals surface area contributed by atoms with Gasteiger partial charge in [0.15, 0.2) is 0 Å². The van der Waals surface area contributed by atoms with Gasteiger partial charge in [0.1, 0.15) is 11.6 Å². The molecule has 0 spiro atoms. The number of carbonyl (C=O) groups excluding carboxylic acids is 1. The fourth-order valence-corrected chi connectivity index (χ4v) is 2.56. The Morgan fingerprint density at radius 3 is 3.05 bits per heavy atom. The Morgan fingerprint density at radius 1 is 1.57 bits per heavy atom. The van der Waals surface area contributed by atoms with Gasteiger partial charge >= 0.3 is 0 Å². The third kappa shape index (κ3) is 3.56. The zero-order valence-corrected chi connectivity index (χ0v) is 12.7. The van der Waals surface area contributed by atoms with Crippen molar-refractivity contribution in [2.24, 2.45) is 0 Å². The molecule has 0 radical (unpaired) electrons. The van der Waals surface area contributed by atoms with Gasteiger partial charge in [0.2, 0.25) is 0 Å². The van der Waals surface area contributed by atoms with Crippen molar-refractivity contribution in [3.05, 3.63) is 41.6 Å².